The first-order valence-electron chi connectivity index (χ1n) is 16.9. The van der Waals surface area contributed by atoms with Gasteiger partial charge in [-0.2, -0.15) is 0 Å². The average molecular weight is 655 g/mol. The number of fused-ring (bicyclic) bond motifs is 10. The highest BCUT2D eigenvalue weighted by Crippen LogP contribution is 2.41. The molecule has 6 nitrogen and oxygen atoms in total. The Morgan fingerprint density at radius 3 is 1.78 bits per heavy atom. The molecule has 0 bridgehead atoms. The summed E-state index contributed by atoms with van der Waals surface area (Å²) in [6, 6.07) is 53.8. The third-order valence-electron chi connectivity index (χ3n) is 9.85. The average Bonchev–Trinajstić information content (AvgIpc) is 3.87. The molecule has 0 saturated carbocycles. The van der Waals surface area contributed by atoms with Gasteiger partial charge in [0, 0.05) is 49.3 Å². The van der Waals surface area contributed by atoms with Crippen LogP contribution in [0.4, 0.5) is 0 Å². The number of aromatic nitrogens is 4. The van der Waals surface area contributed by atoms with Gasteiger partial charge in [-0.05, 0) is 48.5 Å². The third kappa shape index (κ3) is 4.20. The van der Waals surface area contributed by atoms with Crippen LogP contribution in [0.5, 0.6) is 0 Å². The molecule has 0 radical (unpaired) electrons. The fourth-order valence-electron chi connectivity index (χ4n) is 7.62. The van der Waals surface area contributed by atoms with Crippen LogP contribution >= 0.6 is 0 Å². The molecule has 11 aromatic rings. The molecule has 0 unspecified atom stereocenters. The van der Waals surface area contributed by atoms with E-state index in [4.69, 9.17) is 23.8 Å². The second-order valence-electron chi connectivity index (χ2n) is 12.8. The molecular weight excluding hydrogens is 629 g/mol. The molecule has 7 aromatic carbocycles. The van der Waals surface area contributed by atoms with E-state index in [9.17, 15) is 0 Å². The normalized spacial score (nSPS) is 11.9. The van der Waals surface area contributed by atoms with Gasteiger partial charge in [-0.1, -0.05) is 109 Å². The number of hydrogen-bond acceptors (Lipinski definition) is 5. The van der Waals surface area contributed by atoms with Crippen molar-refractivity contribution in [3.8, 4) is 39.9 Å². The molecule has 0 aliphatic carbocycles. The number of para-hydroxylation sites is 3. The summed E-state index contributed by atoms with van der Waals surface area (Å²) >= 11 is 0. The topological polar surface area (TPSA) is 69.9 Å². The van der Waals surface area contributed by atoms with Crippen molar-refractivity contribution in [3.63, 3.8) is 0 Å². The van der Waals surface area contributed by atoms with Crippen LogP contribution in [0.2, 0.25) is 0 Å². The number of benzene rings is 7. The van der Waals surface area contributed by atoms with Crippen LogP contribution in [-0.4, -0.2) is 19.5 Å². The van der Waals surface area contributed by atoms with Gasteiger partial charge in [0.15, 0.2) is 17.5 Å². The zero-order chi connectivity index (χ0) is 33.5. The van der Waals surface area contributed by atoms with Crippen LogP contribution in [0.1, 0.15) is 0 Å². The van der Waals surface area contributed by atoms with E-state index in [2.05, 4.69) is 89.5 Å². The first-order valence-corrected chi connectivity index (χ1v) is 16.9. The van der Waals surface area contributed by atoms with E-state index in [0.29, 0.717) is 17.5 Å². The molecule has 11 rings (SSSR count). The van der Waals surface area contributed by atoms with Crippen molar-refractivity contribution < 1.29 is 8.83 Å². The highest BCUT2D eigenvalue weighted by atomic mass is 16.3. The lowest BCUT2D eigenvalue weighted by Crippen LogP contribution is -2.01. The lowest BCUT2D eigenvalue weighted by atomic mass is 10.1. The van der Waals surface area contributed by atoms with E-state index >= 15 is 0 Å². The molecule has 4 aromatic heterocycles. The maximum Gasteiger partial charge on any atom is 0.164 e. The van der Waals surface area contributed by atoms with Crippen molar-refractivity contribution in [2.24, 2.45) is 0 Å². The van der Waals surface area contributed by atoms with Gasteiger partial charge in [0.25, 0.3) is 0 Å². The number of rotatable bonds is 4. The minimum absolute atomic E-state index is 0.588. The summed E-state index contributed by atoms with van der Waals surface area (Å²) in [6.07, 6.45) is 0. The predicted molar refractivity (Wildman–Crippen MR) is 205 cm³/mol. The van der Waals surface area contributed by atoms with Gasteiger partial charge in [-0.3, -0.25) is 0 Å². The van der Waals surface area contributed by atoms with Gasteiger partial charge in [0.1, 0.15) is 22.3 Å². The second-order valence-corrected chi connectivity index (χ2v) is 12.8. The van der Waals surface area contributed by atoms with Crippen LogP contribution in [0.15, 0.2) is 167 Å². The highest BCUT2D eigenvalue weighted by molar-refractivity contribution is 6.24. The Morgan fingerprint density at radius 2 is 0.980 bits per heavy atom. The van der Waals surface area contributed by atoms with Crippen molar-refractivity contribution in [2.75, 3.05) is 0 Å². The number of hydrogen-bond donors (Lipinski definition) is 0. The lowest BCUT2D eigenvalue weighted by molar-refractivity contribution is 0.668. The molecule has 0 saturated heterocycles. The quantitative estimate of drug-likeness (QED) is 0.189. The Kier molecular flexibility index (Phi) is 5.86. The second kappa shape index (κ2) is 10.7. The van der Waals surface area contributed by atoms with Crippen molar-refractivity contribution in [2.45, 2.75) is 0 Å². The zero-order valence-corrected chi connectivity index (χ0v) is 27.1. The van der Waals surface area contributed by atoms with E-state index in [1.54, 1.807) is 0 Å². The zero-order valence-electron chi connectivity index (χ0n) is 27.1. The maximum atomic E-state index is 6.36. The van der Waals surface area contributed by atoms with E-state index in [1.807, 2.05) is 72.8 Å². The Labute approximate surface area is 290 Å². The molecular formula is C45H26N4O2. The summed E-state index contributed by atoms with van der Waals surface area (Å²) in [5.41, 5.74) is 9.27. The molecule has 4 heterocycles. The van der Waals surface area contributed by atoms with Crippen molar-refractivity contribution in [3.05, 3.63) is 158 Å². The maximum absolute atomic E-state index is 6.36. The van der Waals surface area contributed by atoms with Gasteiger partial charge in [-0.25, -0.2) is 15.0 Å². The largest absolute Gasteiger partial charge is 0.456 e. The first kappa shape index (κ1) is 27.9. The van der Waals surface area contributed by atoms with E-state index < -0.39 is 0 Å². The first-order chi connectivity index (χ1) is 25.3. The molecule has 0 atom stereocenters. The molecule has 6 heteroatoms. The van der Waals surface area contributed by atoms with E-state index in [0.717, 1.165) is 77.3 Å². The fraction of sp³-hybridized carbons (Fsp3) is 0. The predicted octanol–water partition coefficient (Wildman–Crippen LogP) is 11.8. The van der Waals surface area contributed by atoms with Gasteiger partial charge in [-0.15, -0.1) is 0 Å². The smallest absolute Gasteiger partial charge is 0.164 e. The highest BCUT2D eigenvalue weighted by Gasteiger charge is 2.21. The van der Waals surface area contributed by atoms with E-state index in [-0.39, 0.29) is 0 Å². The van der Waals surface area contributed by atoms with Crippen LogP contribution in [0.25, 0.3) is 106 Å². The summed E-state index contributed by atoms with van der Waals surface area (Å²) in [4.78, 5) is 15.3. The summed E-state index contributed by atoms with van der Waals surface area (Å²) in [7, 11) is 0. The van der Waals surface area contributed by atoms with Gasteiger partial charge < -0.3 is 13.4 Å². The number of nitrogens with zero attached hydrogens (tertiary/aromatic N) is 4. The minimum Gasteiger partial charge on any atom is -0.456 e. The Hall–Kier alpha value is -7.05. The fourth-order valence-corrected chi connectivity index (χ4v) is 7.62. The number of furan rings is 2. The molecule has 51 heavy (non-hydrogen) atoms. The van der Waals surface area contributed by atoms with Gasteiger partial charge in [0.2, 0.25) is 0 Å². The molecule has 0 N–H and O–H groups in total. The summed E-state index contributed by atoms with van der Waals surface area (Å²) < 4.78 is 14.9. The lowest BCUT2D eigenvalue weighted by Gasteiger charge is -2.12. The molecule has 0 amide bonds. The molecule has 0 aliphatic heterocycles. The van der Waals surface area contributed by atoms with Gasteiger partial charge >= 0.3 is 0 Å². The standard InChI is InChI=1S/C45H26N4O2/c1-2-12-27(13-3-1)43-46-44(48-45(47-43)34-19-11-23-38-40(34)32-17-5-8-21-36(32)50-38)28-14-10-15-29(26-28)49-35-20-7-4-16-30(35)31-24-25-39-41(42(31)49)33-18-6-9-22-37(33)51-39/h1-26H. The van der Waals surface area contributed by atoms with Crippen LogP contribution < -0.4 is 0 Å². The van der Waals surface area contributed by atoms with E-state index in [1.165, 1.54) is 10.8 Å². The monoisotopic (exact) mass is 654 g/mol. The molecule has 0 spiro atoms. The van der Waals surface area contributed by atoms with Crippen molar-refractivity contribution >= 4 is 65.7 Å². The summed E-state index contributed by atoms with van der Waals surface area (Å²) in [5, 5.41) is 6.55. The van der Waals surface area contributed by atoms with Gasteiger partial charge in [0.05, 0.1) is 16.4 Å². The van der Waals surface area contributed by atoms with Crippen LogP contribution in [-0.2, 0) is 0 Å². The molecule has 0 aliphatic rings. The SMILES string of the molecule is c1ccc(-c2nc(-c3cccc(-n4c5ccccc5c5ccc6oc7ccccc7c6c54)c3)nc(-c3cccc4oc5ccccc5c34)n2)cc1. The Morgan fingerprint density at radius 1 is 0.392 bits per heavy atom. The van der Waals surface area contributed by atoms with Crippen LogP contribution in [0.3, 0.4) is 0 Å². The third-order valence-corrected chi connectivity index (χ3v) is 9.85. The van der Waals surface area contributed by atoms with Crippen molar-refractivity contribution in [1.82, 2.24) is 19.5 Å². The molecule has 0 fully saturated rings. The molecule has 238 valence electrons. The minimum atomic E-state index is 0.588. The van der Waals surface area contributed by atoms with Crippen LogP contribution in [0, 0.1) is 0 Å². The summed E-state index contributed by atoms with van der Waals surface area (Å²) in [5.74, 6) is 1.78. The Bertz CT molecular complexity index is 3150. The Balaban J connectivity index is 1.17. The van der Waals surface area contributed by atoms with Crippen molar-refractivity contribution in [1.29, 1.82) is 0 Å². The summed E-state index contributed by atoms with van der Waals surface area (Å²) in [6.45, 7) is 0.